The number of halogens is 1. The first-order valence-corrected chi connectivity index (χ1v) is 11.6. The summed E-state index contributed by atoms with van der Waals surface area (Å²) in [7, 11) is 1.78. The molecule has 1 saturated carbocycles. The first-order valence-electron chi connectivity index (χ1n) is 11.2. The summed E-state index contributed by atoms with van der Waals surface area (Å²) in [4.78, 5) is 7.43. The van der Waals surface area contributed by atoms with E-state index in [1.54, 1.807) is 7.11 Å². The van der Waals surface area contributed by atoms with Crippen molar-refractivity contribution in [3.05, 3.63) is 34.9 Å². The Kier molecular flexibility index (Phi) is 9.25. The minimum absolute atomic E-state index is 0.225. The Hall–Kier alpha value is -1.34. The molecule has 168 valence electrons. The lowest BCUT2D eigenvalue weighted by atomic mass is 9.67. The number of aliphatic imine (C=N–C) groups is 1. The molecular formula is C23H37ClN4O2. The second-order valence-electron chi connectivity index (χ2n) is 8.39. The Balaban J connectivity index is 1.67. The highest BCUT2D eigenvalue weighted by atomic mass is 35.5. The zero-order chi connectivity index (χ0) is 21.2. The summed E-state index contributed by atoms with van der Waals surface area (Å²) < 4.78 is 10.9. The molecule has 7 heteroatoms. The predicted octanol–water partition coefficient (Wildman–Crippen LogP) is 3.48. The van der Waals surface area contributed by atoms with Gasteiger partial charge < -0.3 is 20.1 Å². The Bertz CT molecular complexity index is 675. The lowest BCUT2D eigenvalue weighted by molar-refractivity contribution is 0.0170. The van der Waals surface area contributed by atoms with E-state index >= 15 is 0 Å². The molecule has 1 aromatic rings. The number of benzene rings is 1. The van der Waals surface area contributed by atoms with Crippen LogP contribution in [0, 0.1) is 5.41 Å². The van der Waals surface area contributed by atoms with Gasteiger partial charge in [-0.05, 0) is 49.3 Å². The third-order valence-corrected chi connectivity index (χ3v) is 6.59. The molecule has 1 saturated heterocycles. The Morgan fingerprint density at radius 1 is 1.30 bits per heavy atom. The van der Waals surface area contributed by atoms with Crippen LogP contribution < -0.4 is 10.6 Å². The first kappa shape index (κ1) is 23.3. The molecule has 0 aromatic heterocycles. The molecule has 6 nitrogen and oxygen atoms in total. The summed E-state index contributed by atoms with van der Waals surface area (Å²) in [5.74, 6) is 0.890. The second kappa shape index (κ2) is 11.9. The highest BCUT2D eigenvalue weighted by Gasteiger charge is 2.36. The van der Waals surface area contributed by atoms with E-state index in [9.17, 15) is 0 Å². The number of rotatable bonds is 10. The zero-order valence-corrected chi connectivity index (χ0v) is 19.2. The van der Waals surface area contributed by atoms with E-state index < -0.39 is 0 Å². The van der Waals surface area contributed by atoms with Crippen molar-refractivity contribution in [3.8, 4) is 0 Å². The molecule has 1 aliphatic carbocycles. The summed E-state index contributed by atoms with van der Waals surface area (Å²) in [5.41, 5.74) is 1.54. The predicted molar refractivity (Wildman–Crippen MR) is 123 cm³/mol. The highest BCUT2D eigenvalue weighted by Crippen LogP contribution is 2.44. The van der Waals surface area contributed by atoms with Crippen molar-refractivity contribution in [3.63, 3.8) is 0 Å². The number of hydrogen-bond acceptors (Lipinski definition) is 4. The highest BCUT2D eigenvalue weighted by molar-refractivity contribution is 6.30. The van der Waals surface area contributed by atoms with Gasteiger partial charge in [0, 0.05) is 51.5 Å². The molecule has 30 heavy (non-hydrogen) atoms. The number of nitrogens with one attached hydrogen (secondary N) is 2. The van der Waals surface area contributed by atoms with Crippen molar-refractivity contribution < 1.29 is 9.47 Å². The summed E-state index contributed by atoms with van der Waals surface area (Å²) >= 11 is 6.29. The molecule has 1 aromatic carbocycles. The van der Waals surface area contributed by atoms with Crippen molar-refractivity contribution in [2.45, 2.75) is 38.6 Å². The van der Waals surface area contributed by atoms with Crippen LogP contribution in [0.3, 0.4) is 0 Å². The SMILES string of the molecule is CCNC(=NCC1(CCOC)CCC1)NCC(c1cccc(Cl)c1)N1CCOCC1. The van der Waals surface area contributed by atoms with E-state index in [4.69, 9.17) is 26.1 Å². The number of guanidine groups is 1. The molecule has 2 fully saturated rings. The van der Waals surface area contributed by atoms with Crippen LogP contribution in [0.15, 0.2) is 29.3 Å². The topological polar surface area (TPSA) is 58.1 Å². The van der Waals surface area contributed by atoms with Crippen molar-refractivity contribution in [2.75, 3.05) is 59.7 Å². The van der Waals surface area contributed by atoms with E-state index in [2.05, 4.69) is 34.6 Å². The lowest BCUT2D eigenvalue weighted by Gasteiger charge is -2.41. The quantitative estimate of drug-likeness (QED) is 0.434. The van der Waals surface area contributed by atoms with E-state index in [0.29, 0.717) is 5.41 Å². The molecule has 1 heterocycles. The van der Waals surface area contributed by atoms with Crippen LogP contribution in [0.4, 0.5) is 0 Å². The smallest absolute Gasteiger partial charge is 0.191 e. The maximum atomic E-state index is 6.29. The molecule has 0 spiro atoms. The van der Waals surface area contributed by atoms with Crippen LogP contribution in [0.1, 0.15) is 44.2 Å². The number of morpholine rings is 1. The molecule has 1 atom stereocenters. The monoisotopic (exact) mass is 436 g/mol. The van der Waals surface area contributed by atoms with E-state index in [1.807, 2.05) is 12.1 Å². The minimum atomic E-state index is 0.225. The van der Waals surface area contributed by atoms with Gasteiger partial charge in [0.05, 0.1) is 19.3 Å². The molecule has 0 radical (unpaired) electrons. The standard InChI is InChI=1S/C23H37ClN4O2/c1-3-25-22(27-18-23(8-5-9-23)10-13-29-2)26-17-21(28-11-14-30-15-12-28)19-6-4-7-20(24)16-19/h4,6-7,16,21H,3,5,8-15,17-18H2,1-2H3,(H2,25,26,27). The van der Waals surface area contributed by atoms with Gasteiger partial charge in [-0.1, -0.05) is 30.2 Å². The average molecular weight is 437 g/mol. The van der Waals surface area contributed by atoms with Gasteiger partial charge in [-0.25, -0.2) is 0 Å². The van der Waals surface area contributed by atoms with Crippen LogP contribution in [-0.2, 0) is 9.47 Å². The maximum Gasteiger partial charge on any atom is 0.191 e. The zero-order valence-electron chi connectivity index (χ0n) is 18.5. The minimum Gasteiger partial charge on any atom is -0.385 e. The number of hydrogen-bond donors (Lipinski definition) is 2. The lowest BCUT2D eigenvalue weighted by Crippen LogP contribution is -2.46. The van der Waals surface area contributed by atoms with Crippen LogP contribution in [0.25, 0.3) is 0 Å². The van der Waals surface area contributed by atoms with Gasteiger partial charge in [-0.2, -0.15) is 0 Å². The molecule has 0 amide bonds. The Morgan fingerprint density at radius 3 is 2.73 bits per heavy atom. The van der Waals surface area contributed by atoms with E-state index in [0.717, 1.165) is 69.9 Å². The summed E-state index contributed by atoms with van der Waals surface area (Å²) in [6, 6.07) is 8.41. The molecule has 0 bridgehead atoms. The fourth-order valence-electron chi connectivity index (χ4n) is 4.33. The van der Waals surface area contributed by atoms with Crippen molar-refractivity contribution in [2.24, 2.45) is 10.4 Å². The average Bonchev–Trinajstić information content (AvgIpc) is 2.73. The number of methoxy groups -OCH3 is 1. The number of ether oxygens (including phenoxy) is 2. The van der Waals surface area contributed by atoms with Crippen LogP contribution in [0.2, 0.25) is 5.02 Å². The van der Waals surface area contributed by atoms with Gasteiger partial charge in [0.15, 0.2) is 5.96 Å². The molecule has 1 aliphatic heterocycles. The van der Waals surface area contributed by atoms with Gasteiger partial charge in [0.2, 0.25) is 0 Å². The fourth-order valence-corrected chi connectivity index (χ4v) is 4.52. The van der Waals surface area contributed by atoms with Gasteiger partial charge in [-0.15, -0.1) is 0 Å². The maximum absolute atomic E-state index is 6.29. The van der Waals surface area contributed by atoms with Crippen LogP contribution in [-0.4, -0.2) is 70.5 Å². The summed E-state index contributed by atoms with van der Waals surface area (Å²) in [6.07, 6.45) is 4.89. The molecule has 2 N–H and O–H groups in total. The third-order valence-electron chi connectivity index (χ3n) is 6.35. The number of nitrogens with zero attached hydrogens (tertiary/aromatic N) is 2. The normalized spacial score (nSPS) is 20.4. The van der Waals surface area contributed by atoms with E-state index in [-0.39, 0.29) is 6.04 Å². The second-order valence-corrected chi connectivity index (χ2v) is 8.83. The molecule has 2 aliphatic rings. The van der Waals surface area contributed by atoms with Gasteiger partial charge in [-0.3, -0.25) is 9.89 Å². The van der Waals surface area contributed by atoms with Crippen molar-refractivity contribution in [1.29, 1.82) is 0 Å². The fraction of sp³-hybridized carbons (Fsp3) is 0.696. The van der Waals surface area contributed by atoms with Crippen LogP contribution >= 0.6 is 11.6 Å². The van der Waals surface area contributed by atoms with Gasteiger partial charge in [0.1, 0.15) is 0 Å². The summed E-state index contributed by atoms with van der Waals surface area (Å²) in [5, 5.41) is 7.79. The molecular weight excluding hydrogens is 400 g/mol. The van der Waals surface area contributed by atoms with E-state index in [1.165, 1.54) is 24.8 Å². The van der Waals surface area contributed by atoms with Gasteiger partial charge >= 0.3 is 0 Å². The van der Waals surface area contributed by atoms with Gasteiger partial charge in [0.25, 0.3) is 0 Å². The molecule has 3 rings (SSSR count). The molecule has 1 unspecified atom stereocenters. The first-order chi connectivity index (χ1) is 14.7. The Labute approximate surface area is 186 Å². The van der Waals surface area contributed by atoms with Crippen LogP contribution in [0.5, 0.6) is 0 Å². The summed E-state index contributed by atoms with van der Waals surface area (Å²) in [6.45, 7) is 8.78. The van der Waals surface area contributed by atoms with Crippen molar-refractivity contribution in [1.82, 2.24) is 15.5 Å². The third kappa shape index (κ3) is 6.58. The van der Waals surface area contributed by atoms with Crippen molar-refractivity contribution >= 4 is 17.6 Å². The Morgan fingerprint density at radius 2 is 2.10 bits per heavy atom. The largest absolute Gasteiger partial charge is 0.385 e.